The second-order valence-electron chi connectivity index (χ2n) is 5.59. The summed E-state index contributed by atoms with van der Waals surface area (Å²) in [6.45, 7) is 3.50. The lowest BCUT2D eigenvalue weighted by atomic mass is 10.3. The number of hydrogen-bond donors (Lipinski definition) is 1. The minimum atomic E-state index is -0.318. The number of ketones is 1. The number of thioether (sulfide) groups is 1. The Hall–Kier alpha value is -1.45. The first-order chi connectivity index (χ1) is 12.0. The molecule has 0 radical (unpaired) electrons. The van der Waals surface area contributed by atoms with Gasteiger partial charge in [-0.1, -0.05) is 0 Å². The molecule has 0 aromatic rings. The van der Waals surface area contributed by atoms with Crippen LogP contribution in [0.5, 0.6) is 0 Å². The van der Waals surface area contributed by atoms with E-state index in [0.717, 1.165) is 4.90 Å². The highest BCUT2D eigenvalue weighted by Crippen LogP contribution is 2.22. The molecule has 8 nitrogen and oxygen atoms in total. The fraction of sp³-hybridized carbons (Fsp3) is 0.750. The van der Waals surface area contributed by atoms with E-state index in [1.165, 1.54) is 18.7 Å². The number of nitrogens with one attached hydrogen (secondary N) is 1. The highest BCUT2D eigenvalue weighted by Gasteiger charge is 2.37. The summed E-state index contributed by atoms with van der Waals surface area (Å²) in [5.41, 5.74) is 0. The molecular weight excluding hydrogens is 348 g/mol. The molecule has 1 aliphatic rings. The topological polar surface area (TPSA) is 102 Å². The van der Waals surface area contributed by atoms with Crippen molar-refractivity contribution < 1.29 is 28.7 Å². The summed E-state index contributed by atoms with van der Waals surface area (Å²) in [6.07, 6.45) is 2.49. The predicted octanol–water partition coefficient (Wildman–Crippen LogP) is -0.00450. The van der Waals surface area contributed by atoms with Gasteiger partial charge in [0.15, 0.2) is 0 Å². The van der Waals surface area contributed by atoms with E-state index in [-0.39, 0.29) is 48.1 Å². The largest absolute Gasteiger partial charge is 0.379 e. The number of likely N-dealkylation sites (tertiary alicyclic amines) is 1. The van der Waals surface area contributed by atoms with Crippen LogP contribution < -0.4 is 5.32 Å². The average Bonchev–Trinajstić information content (AvgIpc) is 2.84. The molecule has 9 heteroatoms. The monoisotopic (exact) mass is 374 g/mol. The summed E-state index contributed by atoms with van der Waals surface area (Å²) >= 11 is 1.35. The van der Waals surface area contributed by atoms with Crippen molar-refractivity contribution >= 4 is 35.3 Å². The molecule has 1 N–H and O–H groups in total. The zero-order chi connectivity index (χ0) is 18.7. The van der Waals surface area contributed by atoms with Gasteiger partial charge < -0.3 is 14.8 Å². The second kappa shape index (κ2) is 12.0. The minimum Gasteiger partial charge on any atom is -0.379 e. The molecule has 1 fully saturated rings. The van der Waals surface area contributed by atoms with E-state index in [2.05, 4.69) is 5.32 Å². The van der Waals surface area contributed by atoms with Crippen molar-refractivity contribution in [2.24, 2.45) is 0 Å². The molecule has 0 aromatic heterocycles. The summed E-state index contributed by atoms with van der Waals surface area (Å²) in [5.74, 6) is -0.567. The van der Waals surface area contributed by atoms with E-state index < -0.39 is 0 Å². The first kappa shape index (κ1) is 21.6. The summed E-state index contributed by atoms with van der Waals surface area (Å²) in [6, 6.07) is 0. The molecule has 142 valence electrons. The molecule has 0 aromatic carbocycles. The molecule has 1 aliphatic heterocycles. The third kappa shape index (κ3) is 8.46. The van der Waals surface area contributed by atoms with Crippen LogP contribution >= 0.6 is 11.8 Å². The van der Waals surface area contributed by atoms with E-state index in [4.69, 9.17) is 9.47 Å². The van der Waals surface area contributed by atoms with Gasteiger partial charge in [0, 0.05) is 32.4 Å². The zero-order valence-corrected chi connectivity index (χ0v) is 15.6. The van der Waals surface area contributed by atoms with Crippen molar-refractivity contribution in [2.45, 2.75) is 31.4 Å². The first-order valence-corrected chi connectivity index (χ1v) is 9.53. The Kier molecular flexibility index (Phi) is 10.4. The Morgan fingerprint density at radius 3 is 2.44 bits per heavy atom. The van der Waals surface area contributed by atoms with Crippen LogP contribution in [0.1, 0.15) is 26.2 Å². The first-order valence-electron chi connectivity index (χ1n) is 8.24. The van der Waals surface area contributed by atoms with Crippen LogP contribution in [0.3, 0.4) is 0 Å². The van der Waals surface area contributed by atoms with Gasteiger partial charge in [0.25, 0.3) is 0 Å². The van der Waals surface area contributed by atoms with Crippen molar-refractivity contribution in [1.82, 2.24) is 10.2 Å². The number of carbonyl (C=O) groups excluding carboxylic acids is 4. The van der Waals surface area contributed by atoms with Crippen molar-refractivity contribution in [1.29, 1.82) is 0 Å². The van der Waals surface area contributed by atoms with Gasteiger partial charge in [-0.05, 0) is 13.2 Å². The number of amides is 3. The van der Waals surface area contributed by atoms with Gasteiger partial charge in [-0.15, -0.1) is 0 Å². The standard InChI is InChI=1S/C16H26N2O6S/c1-12(19)4-7-23-9-10-24-8-5-17-14(20)3-6-18-15(21)11-13(25-2)16(18)22/h13H,3-11H2,1-2H3,(H,17,20). The van der Waals surface area contributed by atoms with E-state index >= 15 is 0 Å². The van der Waals surface area contributed by atoms with E-state index in [1.807, 2.05) is 0 Å². The van der Waals surface area contributed by atoms with Gasteiger partial charge in [-0.2, -0.15) is 11.8 Å². The molecule has 25 heavy (non-hydrogen) atoms. The lowest BCUT2D eigenvalue weighted by Crippen LogP contribution is -2.36. The number of nitrogens with zero attached hydrogens (tertiary/aromatic N) is 1. The summed E-state index contributed by atoms with van der Waals surface area (Å²) in [7, 11) is 0. The molecule has 0 bridgehead atoms. The highest BCUT2D eigenvalue weighted by atomic mass is 32.2. The number of carbonyl (C=O) groups is 4. The van der Waals surface area contributed by atoms with Crippen LogP contribution in [0, 0.1) is 0 Å². The molecule has 1 atom stereocenters. The van der Waals surface area contributed by atoms with E-state index in [1.54, 1.807) is 6.26 Å². The van der Waals surface area contributed by atoms with Crippen LogP contribution in [0.15, 0.2) is 0 Å². The predicted molar refractivity (Wildman–Crippen MR) is 93.2 cm³/mol. The summed E-state index contributed by atoms with van der Waals surface area (Å²) in [4.78, 5) is 47.2. The Morgan fingerprint density at radius 1 is 1.16 bits per heavy atom. The Balaban J connectivity index is 2.02. The molecular formula is C16H26N2O6S. The van der Waals surface area contributed by atoms with Gasteiger partial charge >= 0.3 is 0 Å². The molecule has 1 heterocycles. The van der Waals surface area contributed by atoms with Gasteiger partial charge in [-0.25, -0.2) is 0 Å². The SMILES string of the molecule is CSC1CC(=O)N(CCC(=O)NCCOCCOCCC(C)=O)C1=O. The second-order valence-corrected chi connectivity index (χ2v) is 6.63. The van der Waals surface area contributed by atoms with Crippen molar-refractivity contribution in [3.8, 4) is 0 Å². The van der Waals surface area contributed by atoms with Crippen molar-refractivity contribution in [3.63, 3.8) is 0 Å². The smallest absolute Gasteiger partial charge is 0.242 e. The van der Waals surface area contributed by atoms with Gasteiger partial charge in [-0.3, -0.25) is 24.1 Å². The number of rotatable bonds is 13. The van der Waals surface area contributed by atoms with Crippen molar-refractivity contribution in [2.75, 3.05) is 45.8 Å². The third-order valence-corrected chi connectivity index (χ3v) is 4.53. The quantitative estimate of drug-likeness (QED) is 0.357. The molecule has 0 saturated carbocycles. The Bertz CT molecular complexity index is 485. The average molecular weight is 374 g/mol. The molecule has 0 aliphatic carbocycles. The molecule has 0 spiro atoms. The Morgan fingerprint density at radius 2 is 1.84 bits per heavy atom. The summed E-state index contributed by atoms with van der Waals surface area (Å²) < 4.78 is 10.5. The van der Waals surface area contributed by atoms with Crippen LogP contribution in [-0.2, 0) is 28.7 Å². The maximum absolute atomic E-state index is 11.9. The number of Topliss-reactive ketones (excluding diaryl/α,β-unsaturated/α-hetero) is 1. The van der Waals surface area contributed by atoms with Gasteiger partial charge in [0.2, 0.25) is 17.7 Å². The normalized spacial score (nSPS) is 17.2. The van der Waals surface area contributed by atoms with Crippen LogP contribution in [0.25, 0.3) is 0 Å². The lowest BCUT2D eigenvalue weighted by molar-refractivity contribution is -0.138. The van der Waals surface area contributed by atoms with Crippen LogP contribution in [-0.4, -0.2) is 79.4 Å². The molecule has 1 unspecified atom stereocenters. The number of ether oxygens (including phenoxy) is 2. The van der Waals surface area contributed by atoms with Gasteiger partial charge in [0.1, 0.15) is 5.78 Å². The lowest BCUT2D eigenvalue weighted by Gasteiger charge is -2.14. The van der Waals surface area contributed by atoms with E-state index in [9.17, 15) is 19.2 Å². The maximum atomic E-state index is 11.9. The fourth-order valence-electron chi connectivity index (χ4n) is 2.17. The van der Waals surface area contributed by atoms with Crippen LogP contribution in [0.4, 0.5) is 0 Å². The molecule has 1 rings (SSSR count). The number of imide groups is 1. The summed E-state index contributed by atoms with van der Waals surface area (Å²) in [5, 5.41) is 2.36. The van der Waals surface area contributed by atoms with Gasteiger partial charge in [0.05, 0.1) is 31.7 Å². The minimum absolute atomic E-state index is 0.0879. The zero-order valence-electron chi connectivity index (χ0n) is 14.7. The Labute approximate surface area is 152 Å². The van der Waals surface area contributed by atoms with Crippen molar-refractivity contribution in [3.05, 3.63) is 0 Å². The third-order valence-electron chi connectivity index (χ3n) is 3.59. The van der Waals surface area contributed by atoms with Crippen LogP contribution in [0.2, 0.25) is 0 Å². The highest BCUT2D eigenvalue weighted by molar-refractivity contribution is 8.00. The molecule has 1 saturated heterocycles. The van der Waals surface area contributed by atoms with E-state index in [0.29, 0.717) is 39.4 Å². The maximum Gasteiger partial charge on any atom is 0.242 e. The molecule has 3 amide bonds. The fourth-order valence-corrected chi connectivity index (χ4v) is 2.81. The number of hydrogen-bond acceptors (Lipinski definition) is 7.